The van der Waals surface area contributed by atoms with E-state index in [1.54, 1.807) is 12.1 Å². The lowest BCUT2D eigenvalue weighted by Gasteiger charge is -2.40. The lowest BCUT2D eigenvalue weighted by Crippen LogP contribution is -2.52. The number of fused-ring (bicyclic) bond motifs is 4. The van der Waals surface area contributed by atoms with Crippen LogP contribution in [0.3, 0.4) is 0 Å². The Kier molecular flexibility index (Phi) is 10.00. The van der Waals surface area contributed by atoms with E-state index in [0.29, 0.717) is 49.9 Å². The molecule has 290 valence electrons. The topological polar surface area (TPSA) is 151 Å². The van der Waals surface area contributed by atoms with E-state index in [0.717, 1.165) is 46.1 Å². The highest BCUT2D eigenvalue weighted by Crippen LogP contribution is 2.38. The van der Waals surface area contributed by atoms with Gasteiger partial charge in [0.05, 0.1) is 42.8 Å². The van der Waals surface area contributed by atoms with Crippen LogP contribution in [0.4, 0.5) is 5.69 Å². The number of nitrogens with zero attached hydrogens (tertiary/aromatic N) is 4. The first-order chi connectivity index (χ1) is 27.8. The highest BCUT2D eigenvalue weighted by molar-refractivity contribution is 6.28. The zero-order valence-corrected chi connectivity index (χ0v) is 31.4. The molecule has 2 aliphatic heterocycles. The number of aryl methyl sites for hydroxylation is 1. The minimum Gasteiger partial charge on any atom is -0.474 e. The van der Waals surface area contributed by atoms with E-state index in [1.807, 2.05) is 42.9 Å². The van der Waals surface area contributed by atoms with Gasteiger partial charge in [0.1, 0.15) is 19.3 Å². The summed E-state index contributed by atoms with van der Waals surface area (Å²) >= 11 is 0. The molecule has 0 bridgehead atoms. The van der Waals surface area contributed by atoms with E-state index in [-0.39, 0.29) is 55.2 Å². The summed E-state index contributed by atoms with van der Waals surface area (Å²) in [4.78, 5) is 61.1. The predicted molar refractivity (Wildman–Crippen MR) is 210 cm³/mol. The van der Waals surface area contributed by atoms with Crippen LogP contribution in [0, 0.1) is 23.7 Å². The van der Waals surface area contributed by atoms with Crippen molar-refractivity contribution < 1.29 is 38.1 Å². The second-order valence-corrected chi connectivity index (χ2v) is 15.0. The fraction of sp³-hybridized carbons (Fsp3) is 0.364. The summed E-state index contributed by atoms with van der Waals surface area (Å²) in [5.74, 6) is 3.08. The van der Waals surface area contributed by atoms with Crippen LogP contribution in [0.2, 0.25) is 0 Å². The largest absolute Gasteiger partial charge is 0.474 e. The summed E-state index contributed by atoms with van der Waals surface area (Å²) in [5, 5.41) is 4.58. The Bertz CT molecular complexity index is 2460. The molecule has 2 amide bonds. The number of carbonyl (C=O) groups excluding carboxylic acids is 4. The first-order valence-corrected chi connectivity index (χ1v) is 19.3. The molecule has 3 fully saturated rings. The Morgan fingerprint density at radius 3 is 2.44 bits per heavy atom. The minimum absolute atomic E-state index is 0.0235. The van der Waals surface area contributed by atoms with Crippen LogP contribution in [-0.2, 0) is 30.8 Å². The molecule has 13 nitrogen and oxygen atoms in total. The summed E-state index contributed by atoms with van der Waals surface area (Å²) in [6.07, 6.45) is 7.69. The van der Waals surface area contributed by atoms with Crippen LogP contribution in [0.1, 0.15) is 46.4 Å². The third kappa shape index (κ3) is 7.28. The number of aromatic nitrogens is 3. The number of pyridine rings is 2. The highest BCUT2D eigenvalue weighted by Gasteiger charge is 2.48. The van der Waals surface area contributed by atoms with Crippen molar-refractivity contribution in [3.8, 4) is 28.8 Å². The van der Waals surface area contributed by atoms with E-state index in [4.69, 9.17) is 18.9 Å². The summed E-state index contributed by atoms with van der Waals surface area (Å²) in [7, 11) is 2.08. The predicted octanol–water partition coefficient (Wildman–Crippen LogP) is 4.69. The van der Waals surface area contributed by atoms with Gasteiger partial charge in [-0.15, -0.1) is 0 Å². The summed E-state index contributed by atoms with van der Waals surface area (Å²) in [6.45, 7) is 2.76. The number of hydrogen-bond donors (Lipinski definition) is 1. The van der Waals surface area contributed by atoms with Gasteiger partial charge in [0, 0.05) is 103 Å². The molecule has 2 atom stereocenters. The van der Waals surface area contributed by atoms with Crippen LogP contribution in [0.5, 0.6) is 5.88 Å². The summed E-state index contributed by atoms with van der Waals surface area (Å²) < 4.78 is 25.6. The first kappa shape index (κ1) is 36.7. The van der Waals surface area contributed by atoms with E-state index >= 15 is 0 Å². The van der Waals surface area contributed by atoms with Gasteiger partial charge in [0.25, 0.3) is 0 Å². The van der Waals surface area contributed by atoms with Gasteiger partial charge < -0.3 is 28.4 Å². The van der Waals surface area contributed by atoms with Gasteiger partial charge in [0.2, 0.25) is 17.7 Å². The van der Waals surface area contributed by atoms with E-state index in [9.17, 15) is 19.2 Å². The van der Waals surface area contributed by atoms with Crippen LogP contribution in [0.15, 0.2) is 73.2 Å². The van der Waals surface area contributed by atoms with E-state index in [1.165, 1.54) is 5.39 Å². The molecule has 57 heavy (non-hydrogen) atoms. The zero-order valence-electron chi connectivity index (χ0n) is 31.4. The van der Waals surface area contributed by atoms with Crippen molar-refractivity contribution in [2.24, 2.45) is 18.9 Å². The van der Waals surface area contributed by atoms with Crippen molar-refractivity contribution in [1.29, 1.82) is 0 Å². The normalized spacial score (nSPS) is 21.9. The lowest BCUT2D eigenvalue weighted by atomic mass is 9.82. The third-order valence-corrected chi connectivity index (χ3v) is 11.5. The molecule has 3 aromatic heterocycles. The summed E-state index contributed by atoms with van der Waals surface area (Å²) in [6, 6.07) is 17.7. The molecular weight excluding hydrogens is 727 g/mol. The number of benzene rings is 2. The van der Waals surface area contributed by atoms with Crippen molar-refractivity contribution >= 4 is 50.9 Å². The molecule has 2 aromatic carbocycles. The molecule has 5 aromatic rings. The highest BCUT2D eigenvalue weighted by atomic mass is 16.5. The number of anilines is 1. The maximum atomic E-state index is 13.2. The number of Topliss-reactive ketones (excluding diaryl/α,β-unsaturated/α-hetero) is 2. The van der Waals surface area contributed by atoms with Gasteiger partial charge in [0.15, 0.2) is 11.6 Å². The Balaban J connectivity index is 0.636. The molecule has 9 rings (SSSR count). The number of amides is 2. The maximum absolute atomic E-state index is 13.2. The summed E-state index contributed by atoms with van der Waals surface area (Å²) in [5.41, 5.74) is 5.93. The van der Waals surface area contributed by atoms with Crippen molar-refractivity contribution in [3.63, 3.8) is 0 Å². The molecule has 2 aliphatic carbocycles. The number of hydrogen-bond acceptors (Lipinski definition) is 11. The molecule has 13 heteroatoms. The Morgan fingerprint density at radius 2 is 1.61 bits per heavy atom. The van der Waals surface area contributed by atoms with Crippen LogP contribution < -0.4 is 15.0 Å². The Hall–Kier alpha value is -5.94. The lowest BCUT2D eigenvalue weighted by molar-refractivity contribution is -0.137. The molecule has 2 saturated heterocycles. The quantitative estimate of drug-likeness (QED) is 0.0816. The minimum atomic E-state index is -1.07. The second-order valence-electron chi connectivity index (χ2n) is 15.0. The first-order valence-electron chi connectivity index (χ1n) is 19.3. The van der Waals surface area contributed by atoms with Gasteiger partial charge in [-0.2, -0.15) is 0 Å². The molecule has 1 N–H and O–H groups in total. The second kappa shape index (κ2) is 15.5. The number of rotatable bonds is 12. The molecule has 1 saturated carbocycles. The number of ketones is 2. The van der Waals surface area contributed by atoms with E-state index in [2.05, 4.69) is 61.8 Å². The molecule has 4 aliphatic rings. The van der Waals surface area contributed by atoms with E-state index < -0.39 is 17.7 Å². The number of nitrogens with one attached hydrogen (secondary N) is 1. The zero-order chi connectivity index (χ0) is 39.0. The molecule has 0 spiro atoms. The van der Waals surface area contributed by atoms with Crippen molar-refractivity contribution in [1.82, 2.24) is 19.9 Å². The molecule has 0 radical (unpaired) electrons. The van der Waals surface area contributed by atoms with Crippen LogP contribution in [-0.4, -0.2) is 95.7 Å². The average Bonchev–Trinajstić information content (AvgIpc) is 3.61. The van der Waals surface area contributed by atoms with Crippen LogP contribution in [0.25, 0.3) is 32.9 Å². The Morgan fingerprint density at radius 1 is 0.789 bits per heavy atom. The molecule has 2 unspecified atom stereocenters. The standard InChI is InChI=1S/C44H41N5O8/c1-48-37-12-13-45-23-36(37)32-7-4-26(18-38(32)48)27-5-11-40(46-22-27)57-30-20-29(21-30)55-15-3-2-14-54-16-17-56-31-24-49(25-31)28-6-8-33-35(19-28)43(52)41(42(33)51)34-9-10-39(50)47-44(34)53/h4-8,11-13,18-19,22-23,29-31,34,41H,9-10,14-17,20-21,24-25H2,1H3,(H,47,50,53). The van der Waals surface area contributed by atoms with Crippen molar-refractivity contribution in [2.45, 2.75) is 44.0 Å². The molecular formula is C44H41N5O8. The number of carbonyl (C=O) groups is 4. The van der Waals surface area contributed by atoms with Gasteiger partial charge in [-0.3, -0.25) is 29.5 Å². The smallest absolute Gasteiger partial charge is 0.230 e. The van der Waals surface area contributed by atoms with Crippen molar-refractivity contribution in [3.05, 3.63) is 84.3 Å². The van der Waals surface area contributed by atoms with Gasteiger partial charge in [-0.05, 0) is 48.4 Å². The third-order valence-electron chi connectivity index (χ3n) is 11.5. The number of piperidine rings is 1. The van der Waals surface area contributed by atoms with Gasteiger partial charge in [-0.1, -0.05) is 24.0 Å². The van der Waals surface area contributed by atoms with Gasteiger partial charge >= 0.3 is 0 Å². The Labute approximate surface area is 328 Å². The molecule has 5 heterocycles. The fourth-order valence-electron chi connectivity index (χ4n) is 8.18. The monoisotopic (exact) mass is 767 g/mol. The number of imide groups is 1. The SMILES string of the molecule is Cn1c2ccncc2c2ccc(-c3ccc(OC4CC(OCC#CCOCCOC5CN(c6ccc7c(c6)C(=O)C(C6CCC(=O)NC6=O)C7=O)C5)C4)nc3)cc21. The van der Waals surface area contributed by atoms with Crippen molar-refractivity contribution in [2.75, 3.05) is 44.4 Å². The average molecular weight is 768 g/mol. The number of ether oxygens (including phenoxy) is 4. The van der Waals surface area contributed by atoms with Gasteiger partial charge in [-0.25, -0.2) is 4.98 Å². The van der Waals surface area contributed by atoms with Crippen LogP contribution >= 0.6 is 0 Å². The fourth-order valence-corrected chi connectivity index (χ4v) is 8.18. The maximum Gasteiger partial charge on any atom is 0.230 e.